The molecule has 0 N–H and O–H groups in total. The van der Waals surface area contributed by atoms with Crippen molar-refractivity contribution in [1.29, 1.82) is 0 Å². The van der Waals surface area contributed by atoms with Gasteiger partial charge in [0.2, 0.25) is 11.8 Å². The third-order valence-corrected chi connectivity index (χ3v) is 4.50. The molecule has 136 valence electrons. The number of aromatic nitrogens is 2. The first-order valence-electron chi connectivity index (χ1n) is 8.52. The van der Waals surface area contributed by atoms with Gasteiger partial charge in [-0.15, -0.1) is 10.2 Å². The van der Waals surface area contributed by atoms with Crippen molar-refractivity contribution >= 4 is 11.6 Å². The van der Waals surface area contributed by atoms with Gasteiger partial charge in [-0.1, -0.05) is 35.4 Å². The molecule has 1 atom stereocenters. The molecule has 3 rings (SSSR count). The van der Waals surface area contributed by atoms with Crippen molar-refractivity contribution < 1.29 is 9.15 Å². The molecule has 0 bridgehead atoms. The van der Waals surface area contributed by atoms with E-state index in [0.29, 0.717) is 23.4 Å². The summed E-state index contributed by atoms with van der Waals surface area (Å²) in [6, 6.07) is 15.4. The lowest BCUT2D eigenvalue weighted by molar-refractivity contribution is 0.182. The van der Waals surface area contributed by atoms with E-state index in [0.717, 1.165) is 17.9 Å². The average molecular weight is 372 g/mol. The number of hydrogen-bond donors (Lipinski definition) is 0. The van der Waals surface area contributed by atoms with Gasteiger partial charge in [-0.2, -0.15) is 0 Å². The molecule has 0 spiro atoms. The molecule has 2 aromatic carbocycles. The van der Waals surface area contributed by atoms with Gasteiger partial charge in [-0.05, 0) is 51.2 Å². The molecule has 1 heterocycles. The van der Waals surface area contributed by atoms with Crippen LogP contribution in [-0.2, 0) is 0 Å². The largest absolute Gasteiger partial charge is 0.492 e. The molecular formula is C20H22ClN3O2. The summed E-state index contributed by atoms with van der Waals surface area (Å²) in [5.74, 6) is 1.89. The average Bonchev–Trinajstić information content (AvgIpc) is 3.11. The third-order valence-electron chi connectivity index (χ3n) is 4.27. The Kier molecular flexibility index (Phi) is 5.91. The van der Waals surface area contributed by atoms with Crippen LogP contribution in [0.5, 0.6) is 5.75 Å². The number of benzene rings is 2. The molecule has 6 heteroatoms. The topological polar surface area (TPSA) is 51.4 Å². The first-order valence-corrected chi connectivity index (χ1v) is 8.90. The predicted molar refractivity (Wildman–Crippen MR) is 102 cm³/mol. The minimum absolute atomic E-state index is 0.00957. The second kappa shape index (κ2) is 8.34. The van der Waals surface area contributed by atoms with E-state index in [9.17, 15) is 0 Å². The van der Waals surface area contributed by atoms with Gasteiger partial charge in [0.15, 0.2) is 0 Å². The Morgan fingerprint density at radius 3 is 2.65 bits per heavy atom. The van der Waals surface area contributed by atoms with Gasteiger partial charge in [0, 0.05) is 17.1 Å². The fourth-order valence-corrected chi connectivity index (χ4v) is 2.64. The first-order chi connectivity index (χ1) is 12.5. The van der Waals surface area contributed by atoms with Gasteiger partial charge < -0.3 is 9.15 Å². The second-order valence-electron chi connectivity index (χ2n) is 6.27. The van der Waals surface area contributed by atoms with E-state index in [4.69, 9.17) is 20.8 Å². The van der Waals surface area contributed by atoms with Crippen molar-refractivity contribution in [3.05, 3.63) is 65.0 Å². The van der Waals surface area contributed by atoms with Gasteiger partial charge in [-0.25, -0.2) is 0 Å². The summed E-state index contributed by atoms with van der Waals surface area (Å²) in [5.41, 5.74) is 2.12. The van der Waals surface area contributed by atoms with Crippen molar-refractivity contribution in [2.75, 3.05) is 20.2 Å². The second-order valence-corrected chi connectivity index (χ2v) is 6.71. The summed E-state index contributed by atoms with van der Waals surface area (Å²) < 4.78 is 11.6. The fourth-order valence-electron chi connectivity index (χ4n) is 2.46. The van der Waals surface area contributed by atoms with Crippen molar-refractivity contribution in [1.82, 2.24) is 15.1 Å². The lowest BCUT2D eigenvalue weighted by Crippen LogP contribution is -2.27. The van der Waals surface area contributed by atoms with Crippen molar-refractivity contribution in [3.63, 3.8) is 0 Å². The molecule has 1 unspecified atom stereocenters. The maximum atomic E-state index is 5.96. The summed E-state index contributed by atoms with van der Waals surface area (Å²) in [4.78, 5) is 2.11. The number of hydrogen-bond acceptors (Lipinski definition) is 5. The molecule has 0 aliphatic heterocycles. The Morgan fingerprint density at radius 2 is 1.92 bits per heavy atom. The first kappa shape index (κ1) is 18.4. The zero-order valence-corrected chi connectivity index (χ0v) is 15.9. The highest BCUT2D eigenvalue weighted by atomic mass is 35.5. The predicted octanol–water partition coefficient (Wildman–Crippen LogP) is 4.77. The van der Waals surface area contributed by atoms with Crippen LogP contribution in [0.4, 0.5) is 0 Å². The lowest BCUT2D eigenvalue weighted by atomic mass is 10.1. The highest BCUT2D eigenvalue weighted by Crippen LogP contribution is 2.23. The summed E-state index contributed by atoms with van der Waals surface area (Å²) in [5, 5.41) is 9.03. The van der Waals surface area contributed by atoms with E-state index in [1.54, 1.807) is 6.07 Å². The number of aryl methyl sites for hydroxylation is 1. The Hall–Kier alpha value is -2.37. The number of halogens is 1. The summed E-state index contributed by atoms with van der Waals surface area (Å²) in [6.07, 6.45) is 0. The maximum absolute atomic E-state index is 5.96. The van der Waals surface area contributed by atoms with Crippen molar-refractivity contribution in [2.24, 2.45) is 0 Å². The van der Waals surface area contributed by atoms with Gasteiger partial charge >= 0.3 is 0 Å². The molecule has 0 radical (unpaired) electrons. The van der Waals surface area contributed by atoms with E-state index in [1.807, 2.05) is 63.4 Å². The van der Waals surface area contributed by atoms with Crippen LogP contribution >= 0.6 is 11.6 Å². The molecule has 0 aliphatic carbocycles. The molecule has 0 fully saturated rings. The maximum Gasteiger partial charge on any atom is 0.247 e. The van der Waals surface area contributed by atoms with Crippen LogP contribution in [0.15, 0.2) is 52.9 Å². The van der Waals surface area contributed by atoms with Crippen LogP contribution in [0.3, 0.4) is 0 Å². The number of likely N-dealkylation sites (N-methyl/N-ethyl adjacent to an activating group) is 1. The van der Waals surface area contributed by atoms with Crippen LogP contribution < -0.4 is 4.74 Å². The monoisotopic (exact) mass is 371 g/mol. The molecule has 0 amide bonds. The van der Waals surface area contributed by atoms with E-state index < -0.39 is 0 Å². The molecule has 0 saturated carbocycles. The highest BCUT2D eigenvalue weighted by Gasteiger charge is 2.19. The van der Waals surface area contributed by atoms with Crippen LogP contribution in [0.25, 0.3) is 11.5 Å². The van der Waals surface area contributed by atoms with Gasteiger partial charge in [0.05, 0.1) is 6.04 Å². The Labute approximate surface area is 158 Å². The molecule has 3 aromatic rings. The zero-order valence-electron chi connectivity index (χ0n) is 15.1. The van der Waals surface area contributed by atoms with Gasteiger partial charge in [0.1, 0.15) is 12.4 Å². The molecule has 0 saturated heterocycles. The van der Waals surface area contributed by atoms with Crippen LogP contribution in [0.2, 0.25) is 5.02 Å². The van der Waals surface area contributed by atoms with E-state index in [-0.39, 0.29) is 6.04 Å². The SMILES string of the molecule is Cc1ccc(-c2nnc(C(C)N(C)CCOc3cccc(Cl)c3)o2)cc1. The molecule has 0 aliphatic rings. The normalized spacial score (nSPS) is 12.3. The Morgan fingerprint density at radius 1 is 1.15 bits per heavy atom. The smallest absolute Gasteiger partial charge is 0.247 e. The standard InChI is InChI=1S/C20H22ClN3O2/c1-14-7-9-16(10-8-14)20-23-22-19(26-20)15(2)24(3)11-12-25-18-6-4-5-17(21)13-18/h4-10,13,15H,11-12H2,1-3H3. The number of rotatable bonds is 7. The molecule has 1 aromatic heterocycles. The van der Waals surface area contributed by atoms with E-state index in [1.165, 1.54) is 5.56 Å². The van der Waals surface area contributed by atoms with Crippen LogP contribution in [0.1, 0.15) is 24.4 Å². The van der Waals surface area contributed by atoms with Crippen LogP contribution in [-0.4, -0.2) is 35.3 Å². The molecular weight excluding hydrogens is 350 g/mol. The number of nitrogens with zero attached hydrogens (tertiary/aromatic N) is 3. The summed E-state index contributed by atoms with van der Waals surface area (Å²) >= 11 is 5.96. The minimum atomic E-state index is -0.00957. The van der Waals surface area contributed by atoms with E-state index >= 15 is 0 Å². The Balaban J connectivity index is 1.56. The molecule has 26 heavy (non-hydrogen) atoms. The van der Waals surface area contributed by atoms with Gasteiger partial charge in [0.25, 0.3) is 0 Å². The summed E-state index contributed by atoms with van der Waals surface area (Å²) in [7, 11) is 2.00. The quantitative estimate of drug-likeness (QED) is 0.598. The fraction of sp³-hybridized carbons (Fsp3) is 0.300. The van der Waals surface area contributed by atoms with Crippen molar-refractivity contribution in [2.45, 2.75) is 19.9 Å². The van der Waals surface area contributed by atoms with E-state index in [2.05, 4.69) is 15.1 Å². The number of ether oxygens (including phenoxy) is 1. The van der Waals surface area contributed by atoms with Crippen molar-refractivity contribution in [3.8, 4) is 17.2 Å². The third kappa shape index (κ3) is 4.62. The lowest BCUT2D eigenvalue weighted by Gasteiger charge is -2.21. The van der Waals surface area contributed by atoms with Gasteiger partial charge in [-0.3, -0.25) is 4.90 Å². The minimum Gasteiger partial charge on any atom is -0.492 e. The van der Waals surface area contributed by atoms with Crippen LogP contribution in [0, 0.1) is 6.92 Å². The highest BCUT2D eigenvalue weighted by molar-refractivity contribution is 6.30. The summed E-state index contributed by atoms with van der Waals surface area (Å²) in [6.45, 7) is 5.34. The Bertz CT molecular complexity index is 848. The molecule has 5 nitrogen and oxygen atoms in total. The zero-order chi connectivity index (χ0) is 18.5.